The van der Waals surface area contributed by atoms with Gasteiger partial charge in [0.25, 0.3) is 0 Å². The molecule has 2 aromatic carbocycles. The maximum Gasteiger partial charge on any atom is 0.242 e. The van der Waals surface area contributed by atoms with Crippen LogP contribution in [0.3, 0.4) is 0 Å². The molecule has 0 radical (unpaired) electrons. The molecule has 0 spiro atoms. The van der Waals surface area contributed by atoms with E-state index in [1.165, 1.54) is 12.1 Å². The van der Waals surface area contributed by atoms with E-state index < -0.39 is 21.7 Å². The first-order chi connectivity index (χ1) is 10.4. The van der Waals surface area contributed by atoms with Gasteiger partial charge in [0.05, 0.1) is 5.69 Å². The molecule has 0 fully saturated rings. The normalized spacial score (nSPS) is 16.3. The molecule has 5 nitrogen and oxygen atoms in total. The lowest BCUT2D eigenvalue weighted by Crippen LogP contribution is -2.25. The molecule has 1 aliphatic heterocycles. The molecule has 2 N–H and O–H groups in total. The Morgan fingerprint density at radius 3 is 2.41 bits per heavy atom. The van der Waals surface area contributed by atoms with Crippen molar-refractivity contribution in [1.29, 1.82) is 0 Å². The number of hydrogen-bond donors (Lipinski definition) is 2. The van der Waals surface area contributed by atoms with Crippen LogP contribution in [0, 0.1) is 11.6 Å². The predicted molar refractivity (Wildman–Crippen MR) is 76.6 cm³/mol. The van der Waals surface area contributed by atoms with Crippen molar-refractivity contribution in [3.8, 4) is 11.5 Å². The van der Waals surface area contributed by atoms with Crippen LogP contribution >= 0.6 is 0 Å². The summed E-state index contributed by atoms with van der Waals surface area (Å²) in [5.74, 6) is -1.44. The van der Waals surface area contributed by atoms with E-state index in [4.69, 9.17) is 4.74 Å². The Kier molecular flexibility index (Phi) is 3.71. The quantitative estimate of drug-likeness (QED) is 0.890. The molecule has 116 valence electrons. The molecule has 22 heavy (non-hydrogen) atoms. The molecule has 3 rings (SSSR count). The number of benzene rings is 2. The van der Waals surface area contributed by atoms with Gasteiger partial charge in [0.2, 0.25) is 10.0 Å². The molecule has 1 heterocycles. The van der Waals surface area contributed by atoms with Gasteiger partial charge >= 0.3 is 0 Å². The third-order valence-corrected chi connectivity index (χ3v) is 4.55. The van der Waals surface area contributed by atoms with Crippen LogP contribution in [0.4, 0.5) is 14.5 Å². The lowest BCUT2D eigenvalue weighted by molar-refractivity contribution is 0.467. The number of ether oxygens (including phenoxy) is 1. The van der Waals surface area contributed by atoms with E-state index >= 15 is 0 Å². The number of sulfonamides is 1. The lowest BCUT2D eigenvalue weighted by Gasteiger charge is -2.11. The second-order valence-corrected chi connectivity index (χ2v) is 6.43. The standard InChI is InChI=1S/C14H12F2N2O3S/c15-9-5-10(16)7-12(6-9)21-11-1-2-13-14(8-11)22(19,20)18-4-3-17-13/h1-2,5-8,17-18H,3-4H2. The van der Waals surface area contributed by atoms with Crippen LogP contribution < -0.4 is 14.8 Å². The van der Waals surface area contributed by atoms with Gasteiger partial charge in [-0.2, -0.15) is 0 Å². The monoisotopic (exact) mass is 326 g/mol. The molecule has 0 atom stereocenters. The topological polar surface area (TPSA) is 67.4 Å². The number of anilines is 1. The Labute approximate surface area is 126 Å². The molecular formula is C14H12F2N2O3S. The number of fused-ring (bicyclic) bond motifs is 1. The second-order valence-electron chi connectivity index (χ2n) is 4.69. The van der Waals surface area contributed by atoms with Crippen LogP contribution in [0.5, 0.6) is 11.5 Å². The average Bonchev–Trinajstić information content (AvgIpc) is 2.57. The summed E-state index contributed by atoms with van der Waals surface area (Å²) in [6, 6.07) is 7.13. The van der Waals surface area contributed by atoms with Gasteiger partial charge in [0, 0.05) is 37.4 Å². The molecule has 2 aromatic rings. The van der Waals surface area contributed by atoms with Crippen LogP contribution in [0.15, 0.2) is 41.3 Å². The maximum atomic E-state index is 13.1. The summed E-state index contributed by atoms with van der Waals surface area (Å²) in [6.45, 7) is 0.726. The summed E-state index contributed by atoms with van der Waals surface area (Å²) in [5.41, 5.74) is 0.447. The van der Waals surface area contributed by atoms with Crippen LogP contribution in [0.25, 0.3) is 0 Å². The van der Waals surface area contributed by atoms with Gasteiger partial charge in [0.1, 0.15) is 28.0 Å². The molecule has 0 saturated carbocycles. The molecule has 0 bridgehead atoms. The molecule has 0 aromatic heterocycles. The van der Waals surface area contributed by atoms with Gasteiger partial charge < -0.3 is 10.1 Å². The Morgan fingerprint density at radius 2 is 1.68 bits per heavy atom. The van der Waals surface area contributed by atoms with Crippen LogP contribution in [0.2, 0.25) is 0 Å². The van der Waals surface area contributed by atoms with E-state index in [-0.39, 0.29) is 22.9 Å². The van der Waals surface area contributed by atoms with Crippen LogP contribution in [0.1, 0.15) is 0 Å². The van der Waals surface area contributed by atoms with Crippen LogP contribution in [-0.4, -0.2) is 21.5 Å². The number of hydrogen-bond acceptors (Lipinski definition) is 4. The summed E-state index contributed by atoms with van der Waals surface area (Å²) >= 11 is 0. The second kappa shape index (κ2) is 5.54. The Bertz CT molecular complexity index is 805. The third-order valence-electron chi connectivity index (χ3n) is 3.05. The highest BCUT2D eigenvalue weighted by Crippen LogP contribution is 2.30. The number of nitrogens with one attached hydrogen (secondary N) is 2. The molecule has 8 heteroatoms. The van der Waals surface area contributed by atoms with Crippen molar-refractivity contribution in [3.63, 3.8) is 0 Å². The summed E-state index contributed by atoms with van der Waals surface area (Å²) < 4.78 is 58.2. The minimum absolute atomic E-state index is 0.0272. The summed E-state index contributed by atoms with van der Waals surface area (Å²) in [5, 5.41) is 2.97. The van der Waals surface area contributed by atoms with Crippen molar-refractivity contribution in [1.82, 2.24) is 4.72 Å². The van der Waals surface area contributed by atoms with Gasteiger partial charge in [0.15, 0.2) is 0 Å². The van der Waals surface area contributed by atoms with Crippen molar-refractivity contribution >= 4 is 15.7 Å². The van der Waals surface area contributed by atoms with Gasteiger partial charge in [-0.3, -0.25) is 0 Å². The van der Waals surface area contributed by atoms with E-state index in [0.29, 0.717) is 12.2 Å². The van der Waals surface area contributed by atoms with Gasteiger partial charge in [-0.1, -0.05) is 0 Å². The first-order valence-corrected chi connectivity index (χ1v) is 7.94. The van der Waals surface area contributed by atoms with E-state index in [0.717, 1.165) is 18.2 Å². The fourth-order valence-corrected chi connectivity index (χ4v) is 3.35. The first kappa shape index (κ1) is 14.7. The highest BCUT2D eigenvalue weighted by Gasteiger charge is 2.22. The van der Waals surface area contributed by atoms with Gasteiger partial charge in [-0.05, 0) is 12.1 Å². The highest BCUT2D eigenvalue weighted by molar-refractivity contribution is 7.89. The van der Waals surface area contributed by atoms with E-state index in [1.54, 1.807) is 6.07 Å². The number of rotatable bonds is 2. The minimum Gasteiger partial charge on any atom is -0.457 e. The molecule has 0 aliphatic carbocycles. The molecular weight excluding hydrogens is 314 g/mol. The average molecular weight is 326 g/mol. The van der Waals surface area contributed by atoms with Crippen molar-refractivity contribution in [2.75, 3.05) is 18.4 Å². The molecule has 0 amide bonds. The largest absolute Gasteiger partial charge is 0.457 e. The SMILES string of the molecule is O=S1(=O)NCCNc2ccc(Oc3cc(F)cc(F)c3)cc21. The van der Waals surface area contributed by atoms with E-state index in [9.17, 15) is 17.2 Å². The number of halogens is 2. The van der Waals surface area contributed by atoms with Crippen LogP contribution in [-0.2, 0) is 10.0 Å². The Morgan fingerprint density at radius 1 is 0.955 bits per heavy atom. The maximum absolute atomic E-state index is 13.1. The van der Waals surface area contributed by atoms with Crippen molar-refractivity contribution in [2.45, 2.75) is 4.90 Å². The first-order valence-electron chi connectivity index (χ1n) is 6.45. The predicted octanol–water partition coefficient (Wildman–Crippen LogP) is 2.46. The smallest absolute Gasteiger partial charge is 0.242 e. The Balaban J connectivity index is 1.98. The minimum atomic E-state index is -3.65. The van der Waals surface area contributed by atoms with Crippen molar-refractivity contribution < 1.29 is 21.9 Å². The summed E-state index contributed by atoms with van der Waals surface area (Å²) in [6.07, 6.45) is 0. The fourth-order valence-electron chi connectivity index (χ4n) is 2.12. The van der Waals surface area contributed by atoms with E-state index in [1.807, 2.05) is 0 Å². The molecule has 1 aliphatic rings. The summed E-state index contributed by atoms with van der Waals surface area (Å²) in [4.78, 5) is 0.0272. The molecule has 0 unspecified atom stereocenters. The lowest BCUT2D eigenvalue weighted by atomic mass is 10.3. The zero-order chi connectivity index (χ0) is 15.7. The third kappa shape index (κ3) is 3.02. The van der Waals surface area contributed by atoms with Crippen molar-refractivity contribution in [2.24, 2.45) is 0 Å². The zero-order valence-electron chi connectivity index (χ0n) is 11.3. The van der Waals surface area contributed by atoms with E-state index in [2.05, 4.69) is 10.0 Å². The fraction of sp³-hybridized carbons (Fsp3) is 0.143. The van der Waals surface area contributed by atoms with Gasteiger partial charge in [-0.15, -0.1) is 0 Å². The van der Waals surface area contributed by atoms with Crippen molar-refractivity contribution in [3.05, 3.63) is 48.0 Å². The Hall–Kier alpha value is -2.19. The van der Waals surface area contributed by atoms with Gasteiger partial charge in [-0.25, -0.2) is 21.9 Å². The molecule has 0 saturated heterocycles. The summed E-state index contributed by atoms with van der Waals surface area (Å²) in [7, 11) is -3.65. The zero-order valence-corrected chi connectivity index (χ0v) is 12.1. The highest BCUT2D eigenvalue weighted by atomic mass is 32.2.